The minimum Gasteiger partial charge on any atom is -0.497 e. The van der Waals surface area contributed by atoms with Crippen LogP contribution in [0.25, 0.3) is 0 Å². The van der Waals surface area contributed by atoms with Crippen LogP contribution in [-0.2, 0) is 14.8 Å². The molecule has 1 atom stereocenters. The summed E-state index contributed by atoms with van der Waals surface area (Å²) in [6.07, 6.45) is 1.28. The van der Waals surface area contributed by atoms with Gasteiger partial charge in [0.25, 0.3) is 0 Å². The number of rotatable bonds is 4. The molecular weight excluding hydrogens is 292 g/mol. The van der Waals surface area contributed by atoms with E-state index in [1.54, 1.807) is 6.07 Å². The lowest BCUT2D eigenvalue weighted by atomic mass is 9.95. The molecule has 1 unspecified atom stereocenters. The van der Waals surface area contributed by atoms with Crippen molar-refractivity contribution in [3.05, 3.63) is 18.2 Å². The Hall–Kier alpha value is -1.31. The van der Waals surface area contributed by atoms with E-state index in [1.807, 2.05) is 13.8 Å². The second-order valence-corrected chi connectivity index (χ2v) is 7.51. The van der Waals surface area contributed by atoms with E-state index in [-0.39, 0.29) is 22.2 Å². The molecule has 6 nitrogen and oxygen atoms in total. The van der Waals surface area contributed by atoms with E-state index < -0.39 is 10.0 Å². The first-order chi connectivity index (χ1) is 9.73. The number of anilines is 1. The molecule has 0 radical (unpaired) electrons. The number of hydrogen-bond donors (Lipinski definition) is 2. The number of benzene rings is 1. The fraction of sp³-hybridized carbons (Fsp3) is 0.571. The molecule has 21 heavy (non-hydrogen) atoms. The SMILES string of the molecule is COc1ccc(S(=O)(=O)NC2CCOC(C)(C)C2)c(N)c1. The second kappa shape index (κ2) is 5.82. The summed E-state index contributed by atoms with van der Waals surface area (Å²) in [5, 5.41) is 0. The van der Waals surface area contributed by atoms with Crippen molar-refractivity contribution >= 4 is 15.7 Å². The Morgan fingerprint density at radius 2 is 2.14 bits per heavy atom. The molecule has 1 saturated heterocycles. The van der Waals surface area contributed by atoms with Gasteiger partial charge < -0.3 is 15.2 Å². The molecule has 1 heterocycles. The van der Waals surface area contributed by atoms with E-state index in [9.17, 15) is 8.42 Å². The summed E-state index contributed by atoms with van der Waals surface area (Å²) in [5.41, 5.74) is 5.67. The molecule has 2 rings (SSSR count). The number of nitrogens with one attached hydrogen (secondary N) is 1. The van der Waals surface area contributed by atoms with Crippen molar-refractivity contribution in [2.24, 2.45) is 0 Å². The lowest BCUT2D eigenvalue weighted by Gasteiger charge is -2.35. The predicted octanol–water partition coefficient (Wildman–Crippen LogP) is 1.51. The Bertz CT molecular complexity index is 613. The van der Waals surface area contributed by atoms with Crippen LogP contribution in [0.4, 0.5) is 5.69 Å². The average molecular weight is 314 g/mol. The van der Waals surface area contributed by atoms with Crippen molar-refractivity contribution in [1.82, 2.24) is 4.72 Å². The van der Waals surface area contributed by atoms with Crippen molar-refractivity contribution in [1.29, 1.82) is 0 Å². The van der Waals surface area contributed by atoms with Gasteiger partial charge in [0.2, 0.25) is 10.0 Å². The minimum atomic E-state index is -3.65. The molecule has 1 aromatic carbocycles. The van der Waals surface area contributed by atoms with Crippen LogP contribution in [0.15, 0.2) is 23.1 Å². The highest BCUT2D eigenvalue weighted by atomic mass is 32.2. The maximum Gasteiger partial charge on any atom is 0.242 e. The Labute approximate surface area is 125 Å². The van der Waals surface area contributed by atoms with Crippen LogP contribution in [0, 0.1) is 0 Å². The van der Waals surface area contributed by atoms with Gasteiger partial charge in [-0.2, -0.15) is 0 Å². The van der Waals surface area contributed by atoms with Crippen molar-refractivity contribution in [3.8, 4) is 5.75 Å². The summed E-state index contributed by atoms with van der Waals surface area (Å²) in [6.45, 7) is 4.45. The molecule has 118 valence electrons. The molecule has 1 aromatic rings. The smallest absolute Gasteiger partial charge is 0.242 e. The maximum atomic E-state index is 12.5. The monoisotopic (exact) mass is 314 g/mol. The van der Waals surface area contributed by atoms with Crippen LogP contribution in [0.1, 0.15) is 26.7 Å². The van der Waals surface area contributed by atoms with Crippen LogP contribution in [0.5, 0.6) is 5.75 Å². The van der Waals surface area contributed by atoms with Gasteiger partial charge in [-0.05, 0) is 38.8 Å². The number of sulfonamides is 1. The van der Waals surface area contributed by atoms with E-state index in [0.29, 0.717) is 25.2 Å². The molecule has 7 heteroatoms. The highest BCUT2D eigenvalue weighted by Gasteiger charge is 2.32. The van der Waals surface area contributed by atoms with E-state index >= 15 is 0 Å². The van der Waals surface area contributed by atoms with Gasteiger partial charge in [-0.25, -0.2) is 13.1 Å². The zero-order valence-corrected chi connectivity index (χ0v) is 13.4. The summed E-state index contributed by atoms with van der Waals surface area (Å²) in [6, 6.07) is 4.39. The largest absolute Gasteiger partial charge is 0.497 e. The quantitative estimate of drug-likeness (QED) is 0.822. The number of hydrogen-bond acceptors (Lipinski definition) is 5. The normalized spacial score (nSPS) is 22.0. The third-order valence-corrected chi connectivity index (χ3v) is 5.12. The van der Waals surface area contributed by atoms with Crippen LogP contribution < -0.4 is 15.2 Å². The predicted molar refractivity (Wildman–Crippen MR) is 80.8 cm³/mol. The summed E-state index contributed by atoms with van der Waals surface area (Å²) in [5.74, 6) is 0.527. The van der Waals surface area contributed by atoms with Crippen LogP contribution in [-0.4, -0.2) is 33.8 Å². The number of nitrogen functional groups attached to an aromatic ring is 1. The Balaban J connectivity index is 2.19. The highest BCUT2D eigenvalue weighted by Crippen LogP contribution is 2.27. The van der Waals surface area contributed by atoms with E-state index in [4.69, 9.17) is 15.2 Å². The van der Waals surface area contributed by atoms with Gasteiger partial charge in [0.1, 0.15) is 10.6 Å². The van der Waals surface area contributed by atoms with E-state index in [0.717, 1.165) is 0 Å². The third-order valence-electron chi connectivity index (χ3n) is 3.53. The van der Waals surface area contributed by atoms with E-state index in [1.165, 1.54) is 19.2 Å². The van der Waals surface area contributed by atoms with Gasteiger partial charge in [-0.3, -0.25) is 0 Å². The Kier molecular flexibility index (Phi) is 4.46. The van der Waals surface area contributed by atoms with E-state index in [2.05, 4.69) is 4.72 Å². The fourth-order valence-corrected chi connectivity index (χ4v) is 3.90. The zero-order chi connectivity index (χ0) is 15.7. The summed E-state index contributed by atoms with van der Waals surface area (Å²) >= 11 is 0. The molecule has 0 bridgehead atoms. The van der Waals surface area contributed by atoms with Crippen LogP contribution >= 0.6 is 0 Å². The summed E-state index contributed by atoms with van der Waals surface area (Å²) in [4.78, 5) is 0.0765. The first-order valence-corrected chi connectivity index (χ1v) is 8.32. The number of methoxy groups -OCH3 is 1. The molecule has 0 saturated carbocycles. The average Bonchev–Trinajstić information content (AvgIpc) is 2.36. The molecule has 1 aliphatic heterocycles. The molecule has 1 fully saturated rings. The molecule has 0 aromatic heterocycles. The van der Waals surface area contributed by atoms with Gasteiger partial charge in [-0.15, -0.1) is 0 Å². The topological polar surface area (TPSA) is 90.7 Å². The lowest BCUT2D eigenvalue weighted by Crippen LogP contribution is -2.45. The molecule has 3 N–H and O–H groups in total. The van der Waals surface area contributed by atoms with Crippen LogP contribution in [0.2, 0.25) is 0 Å². The fourth-order valence-electron chi connectivity index (χ4n) is 2.51. The van der Waals surface area contributed by atoms with Gasteiger partial charge in [-0.1, -0.05) is 0 Å². The van der Waals surface area contributed by atoms with Gasteiger partial charge in [0, 0.05) is 18.7 Å². The third kappa shape index (κ3) is 3.87. The minimum absolute atomic E-state index is 0.0765. The van der Waals surface area contributed by atoms with Crippen molar-refractivity contribution in [2.75, 3.05) is 19.5 Å². The standard InChI is InChI=1S/C14H22N2O4S/c1-14(2)9-10(6-7-20-14)16-21(17,18)13-5-4-11(19-3)8-12(13)15/h4-5,8,10,16H,6-7,9,15H2,1-3H3. The molecular formula is C14H22N2O4S. The van der Waals surface area contributed by atoms with Crippen molar-refractivity contribution in [2.45, 2.75) is 43.2 Å². The molecule has 1 aliphatic rings. The first-order valence-electron chi connectivity index (χ1n) is 6.83. The summed E-state index contributed by atoms with van der Waals surface area (Å²) < 4.78 is 38.3. The Morgan fingerprint density at radius 3 is 2.71 bits per heavy atom. The van der Waals surface area contributed by atoms with Crippen LogP contribution in [0.3, 0.4) is 0 Å². The Morgan fingerprint density at radius 1 is 1.43 bits per heavy atom. The van der Waals surface area contributed by atoms with Gasteiger partial charge >= 0.3 is 0 Å². The molecule has 0 amide bonds. The van der Waals surface area contributed by atoms with Gasteiger partial charge in [0.05, 0.1) is 18.4 Å². The highest BCUT2D eigenvalue weighted by molar-refractivity contribution is 7.89. The lowest BCUT2D eigenvalue weighted by molar-refractivity contribution is -0.0599. The second-order valence-electron chi connectivity index (χ2n) is 5.82. The maximum absolute atomic E-state index is 12.5. The van der Waals surface area contributed by atoms with Gasteiger partial charge in [0.15, 0.2) is 0 Å². The molecule has 0 aliphatic carbocycles. The van der Waals surface area contributed by atoms with Crippen molar-refractivity contribution < 1.29 is 17.9 Å². The zero-order valence-electron chi connectivity index (χ0n) is 12.5. The first kappa shape index (κ1) is 16.1. The number of nitrogens with two attached hydrogens (primary N) is 1. The molecule has 0 spiro atoms. The summed E-state index contributed by atoms with van der Waals surface area (Å²) in [7, 11) is -2.15. The van der Waals surface area contributed by atoms with Crippen molar-refractivity contribution in [3.63, 3.8) is 0 Å². The number of ether oxygens (including phenoxy) is 2.